The van der Waals surface area contributed by atoms with E-state index in [1.54, 1.807) is 6.07 Å². The first-order chi connectivity index (χ1) is 7.16. The zero-order valence-corrected chi connectivity index (χ0v) is 8.22. The van der Waals surface area contributed by atoms with E-state index in [4.69, 9.17) is 0 Å². The fourth-order valence-corrected chi connectivity index (χ4v) is 1.53. The van der Waals surface area contributed by atoms with Gasteiger partial charge in [-0.3, -0.25) is 0 Å². The van der Waals surface area contributed by atoms with Crippen LogP contribution in [0.1, 0.15) is 5.56 Å². The van der Waals surface area contributed by atoms with Crippen molar-refractivity contribution in [2.75, 3.05) is 0 Å². The van der Waals surface area contributed by atoms with Crippen molar-refractivity contribution in [1.82, 2.24) is 0 Å². The quantitative estimate of drug-likeness (QED) is 0.662. The molecule has 0 heterocycles. The normalized spacial score (nSPS) is 10.3. The lowest BCUT2D eigenvalue weighted by atomic mass is 10.0. The van der Waals surface area contributed by atoms with Gasteiger partial charge in [0.25, 0.3) is 0 Å². The molecule has 0 aromatic heterocycles. The Kier molecular flexibility index (Phi) is 2.50. The number of halogens is 2. The van der Waals surface area contributed by atoms with Gasteiger partial charge in [-0.1, -0.05) is 18.2 Å². The van der Waals surface area contributed by atoms with Gasteiger partial charge in [0.2, 0.25) is 0 Å². The van der Waals surface area contributed by atoms with E-state index in [2.05, 4.69) is 6.07 Å². The van der Waals surface area contributed by atoms with Crippen LogP contribution in [0.3, 0.4) is 0 Å². The van der Waals surface area contributed by atoms with Crippen LogP contribution in [-0.2, 0) is 0 Å². The second kappa shape index (κ2) is 3.81. The standard InChI is InChI=1S/C13H9F2/c1-9-4-2-3-5-13(9)10-6-11(14)8-12(15)7-10/h2-4,6-8H,1H3. The third-order valence-electron chi connectivity index (χ3n) is 2.22. The molecule has 0 bridgehead atoms. The van der Waals surface area contributed by atoms with Gasteiger partial charge in [-0.05, 0) is 41.8 Å². The lowest BCUT2D eigenvalue weighted by Crippen LogP contribution is -1.86. The highest BCUT2D eigenvalue weighted by molar-refractivity contribution is 5.66. The van der Waals surface area contributed by atoms with Crippen LogP contribution >= 0.6 is 0 Å². The highest BCUT2D eigenvalue weighted by atomic mass is 19.1. The maximum Gasteiger partial charge on any atom is 0.126 e. The second-order valence-electron chi connectivity index (χ2n) is 3.39. The molecule has 0 aliphatic heterocycles. The first-order valence-electron chi connectivity index (χ1n) is 4.60. The van der Waals surface area contributed by atoms with Gasteiger partial charge in [0, 0.05) is 6.07 Å². The predicted octanol–water partition coefficient (Wildman–Crippen LogP) is 3.74. The molecular weight excluding hydrogens is 194 g/mol. The molecule has 0 nitrogen and oxygen atoms in total. The largest absolute Gasteiger partial charge is 0.207 e. The van der Waals surface area contributed by atoms with E-state index < -0.39 is 11.6 Å². The maximum absolute atomic E-state index is 13.0. The Balaban J connectivity index is 2.59. The van der Waals surface area contributed by atoms with E-state index in [-0.39, 0.29) is 0 Å². The fraction of sp³-hybridized carbons (Fsp3) is 0.0769. The molecule has 2 rings (SSSR count). The van der Waals surface area contributed by atoms with E-state index in [9.17, 15) is 8.78 Å². The monoisotopic (exact) mass is 203 g/mol. The zero-order chi connectivity index (χ0) is 10.8. The van der Waals surface area contributed by atoms with Crippen LogP contribution in [0.5, 0.6) is 0 Å². The maximum atomic E-state index is 13.0. The SMILES string of the molecule is Cc1ccc[c]c1-c1cc(F)cc(F)c1. The van der Waals surface area contributed by atoms with Crippen molar-refractivity contribution >= 4 is 0 Å². The minimum atomic E-state index is -0.568. The molecule has 0 fully saturated rings. The molecule has 2 aromatic rings. The summed E-state index contributed by atoms with van der Waals surface area (Å²) in [7, 11) is 0. The molecule has 0 saturated carbocycles. The van der Waals surface area contributed by atoms with Gasteiger partial charge in [-0.25, -0.2) is 8.78 Å². The summed E-state index contributed by atoms with van der Waals surface area (Å²) >= 11 is 0. The van der Waals surface area contributed by atoms with Crippen molar-refractivity contribution in [2.24, 2.45) is 0 Å². The number of benzene rings is 2. The van der Waals surface area contributed by atoms with Gasteiger partial charge in [0.1, 0.15) is 11.6 Å². The van der Waals surface area contributed by atoms with Gasteiger partial charge in [-0.2, -0.15) is 0 Å². The molecule has 2 aromatic carbocycles. The summed E-state index contributed by atoms with van der Waals surface area (Å²) in [4.78, 5) is 0. The molecule has 75 valence electrons. The zero-order valence-electron chi connectivity index (χ0n) is 8.22. The Bertz CT molecular complexity index is 469. The second-order valence-corrected chi connectivity index (χ2v) is 3.39. The number of hydrogen-bond acceptors (Lipinski definition) is 0. The van der Waals surface area contributed by atoms with Crippen LogP contribution in [-0.4, -0.2) is 0 Å². The average Bonchev–Trinajstić information content (AvgIpc) is 2.16. The van der Waals surface area contributed by atoms with Crippen molar-refractivity contribution in [1.29, 1.82) is 0 Å². The predicted molar refractivity (Wildman–Crippen MR) is 55.4 cm³/mol. The van der Waals surface area contributed by atoms with Gasteiger partial charge < -0.3 is 0 Å². The van der Waals surface area contributed by atoms with Gasteiger partial charge in [-0.15, -0.1) is 0 Å². The lowest BCUT2D eigenvalue weighted by molar-refractivity contribution is 0.584. The van der Waals surface area contributed by atoms with Crippen LogP contribution in [0.25, 0.3) is 11.1 Å². The summed E-state index contributed by atoms with van der Waals surface area (Å²) in [6.45, 7) is 1.88. The molecule has 0 spiro atoms. The molecule has 0 amide bonds. The third-order valence-corrected chi connectivity index (χ3v) is 2.22. The smallest absolute Gasteiger partial charge is 0.126 e. The molecule has 0 N–H and O–H groups in total. The third kappa shape index (κ3) is 2.04. The molecular formula is C13H9F2. The molecule has 0 aliphatic carbocycles. The summed E-state index contributed by atoms with van der Waals surface area (Å²) in [5, 5.41) is 0. The Morgan fingerprint density at radius 1 is 1.07 bits per heavy atom. The first kappa shape index (κ1) is 9.84. The molecule has 15 heavy (non-hydrogen) atoms. The van der Waals surface area contributed by atoms with Crippen molar-refractivity contribution in [3.05, 3.63) is 59.7 Å². The average molecular weight is 203 g/mol. The topological polar surface area (TPSA) is 0 Å². The Labute approximate surface area is 87.2 Å². The van der Waals surface area contributed by atoms with Gasteiger partial charge in [0.15, 0.2) is 0 Å². The van der Waals surface area contributed by atoms with E-state index in [0.717, 1.165) is 17.2 Å². The molecule has 0 atom stereocenters. The van der Waals surface area contributed by atoms with Crippen molar-refractivity contribution in [2.45, 2.75) is 6.92 Å². The minimum absolute atomic E-state index is 0.519. The Hall–Kier alpha value is -1.70. The van der Waals surface area contributed by atoms with E-state index in [0.29, 0.717) is 5.56 Å². The fourth-order valence-electron chi connectivity index (χ4n) is 1.53. The minimum Gasteiger partial charge on any atom is -0.207 e. The molecule has 2 heteroatoms. The number of hydrogen-bond donors (Lipinski definition) is 0. The van der Waals surface area contributed by atoms with Crippen molar-refractivity contribution in [3.63, 3.8) is 0 Å². The summed E-state index contributed by atoms with van der Waals surface area (Å²) in [6, 6.07) is 11.9. The van der Waals surface area contributed by atoms with Crippen LogP contribution in [0, 0.1) is 24.6 Å². The highest BCUT2D eigenvalue weighted by Crippen LogP contribution is 2.24. The molecule has 0 saturated heterocycles. The number of rotatable bonds is 1. The van der Waals surface area contributed by atoms with Crippen LogP contribution in [0.15, 0.2) is 36.4 Å². The Morgan fingerprint density at radius 3 is 2.33 bits per heavy atom. The van der Waals surface area contributed by atoms with Gasteiger partial charge >= 0.3 is 0 Å². The highest BCUT2D eigenvalue weighted by Gasteiger charge is 2.05. The summed E-state index contributed by atoms with van der Waals surface area (Å²) in [6.07, 6.45) is 0. The first-order valence-corrected chi connectivity index (χ1v) is 4.60. The molecule has 1 radical (unpaired) electrons. The van der Waals surface area contributed by atoms with Crippen LogP contribution < -0.4 is 0 Å². The van der Waals surface area contributed by atoms with E-state index in [1.807, 2.05) is 19.1 Å². The summed E-state index contributed by atoms with van der Waals surface area (Å²) < 4.78 is 26.0. The van der Waals surface area contributed by atoms with Gasteiger partial charge in [0.05, 0.1) is 0 Å². The Morgan fingerprint density at radius 2 is 1.73 bits per heavy atom. The lowest BCUT2D eigenvalue weighted by Gasteiger charge is -2.05. The number of aryl methyl sites for hydroxylation is 1. The van der Waals surface area contributed by atoms with Crippen LogP contribution in [0.4, 0.5) is 8.78 Å². The summed E-state index contributed by atoms with van der Waals surface area (Å²) in [5.74, 6) is -1.14. The van der Waals surface area contributed by atoms with Crippen LogP contribution in [0.2, 0.25) is 0 Å². The van der Waals surface area contributed by atoms with E-state index >= 15 is 0 Å². The van der Waals surface area contributed by atoms with Crippen molar-refractivity contribution in [3.8, 4) is 11.1 Å². The van der Waals surface area contributed by atoms with Crippen molar-refractivity contribution < 1.29 is 8.78 Å². The molecule has 0 aliphatic rings. The van der Waals surface area contributed by atoms with E-state index in [1.165, 1.54) is 12.1 Å². The summed E-state index contributed by atoms with van der Waals surface area (Å²) in [5.41, 5.74) is 2.20. The molecule has 0 unspecified atom stereocenters.